The maximum absolute atomic E-state index is 13.7. The van der Waals surface area contributed by atoms with Crippen LogP contribution in [0.1, 0.15) is 18.5 Å². The van der Waals surface area contributed by atoms with Crippen LogP contribution in [0.2, 0.25) is 0 Å². The van der Waals surface area contributed by atoms with Gasteiger partial charge in [-0.1, -0.05) is 36.4 Å². The van der Waals surface area contributed by atoms with Crippen LogP contribution in [0.15, 0.2) is 54.6 Å². The fourth-order valence-corrected chi connectivity index (χ4v) is 2.80. The highest BCUT2D eigenvalue weighted by Crippen LogP contribution is 2.33. The molecule has 0 spiro atoms. The van der Waals surface area contributed by atoms with Gasteiger partial charge in [0.05, 0.1) is 17.8 Å². The molecule has 0 radical (unpaired) electrons. The number of hydrogen-bond acceptors (Lipinski definition) is 3. The van der Waals surface area contributed by atoms with Crippen LogP contribution in [-0.2, 0) is 9.59 Å². The summed E-state index contributed by atoms with van der Waals surface area (Å²) >= 11 is 0. The SMILES string of the molecule is Cc1nn(-c2cccc(F)c2)c(NC(=O)CCC(=O)O)c1-c1ccccc1. The summed E-state index contributed by atoms with van der Waals surface area (Å²) in [6.45, 7) is 1.80. The predicted octanol–water partition coefficient (Wildman–Crippen LogP) is 3.79. The second kappa shape index (κ2) is 7.82. The molecule has 0 saturated heterocycles. The van der Waals surface area contributed by atoms with Crippen molar-refractivity contribution in [2.75, 3.05) is 5.32 Å². The molecule has 27 heavy (non-hydrogen) atoms. The smallest absolute Gasteiger partial charge is 0.303 e. The molecule has 0 bridgehead atoms. The average Bonchev–Trinajstić information content (AvgIpc) is 2.96. The third kappa shape index (κ3) is 4.20. The molecule has 1 amide bonds. The van der Waals surface area contributed by atoms with Crippen molar-refractivity contribution < 1.29 is 19.1 Å². The number of benzene rings is 2. The van der Waals surface area contributed by atoms with Crippen molar-refractivity contribution in [2.45, 2.75) is 19.8 Å². The number of aryl methyl sites for hydroxylation is 1. The lowest BCUT2D eigenvalue weighted by molar-refractivity contribution is -0.138. The molecule has 0 aliphatic rings. The molecule has 0 atom stereocenters. The zero-order valence-electron chi connectivity index (χ0n) is 14.6. The Kier molecular flexibility index (Phi) is 5.30. The minimum Gasteiger partial charge on any atom is -0.481 e. The van der Waals surface area contributed by atoms with Crippen molar-refractivity contribution in [1.29, 1.82) is 0 Å². The Hall–Kier alpha value is -3.48. The van der Waals surface area contributed by atoms with Crippen molar-refractivity contribution in [2.24, 2.45) is 0 Å². The lowest BCUT2D eigenvalue weighted by atomic mass is 10.1. The van der Waals surface area contributed by atoms with Crippen molar-refractivity contribution in [3.05, 3.63) is 66.1 Å². The number of carboxylic acids is 1. The van der Waals surface area contributed by atoms with Crippen LogP contribution in [0.5, 0.6) is 0 Å². The van der Waals surface area contributed by atoms with Gasteiger partial charge >= 0.3 is 5.97 Å². The van der Waals surface area contributed by atoms with Gasteiger partial charge in [-0.05, 0) is 30.7 Å². The maximum atomic E-state index is 13.7. The zero-order chi connectivity index (χ0) is 19.4. The van der Waals surface area contributed by atoms with Gasteiger partial charge in [-0.3, -0.25) is 9.59 Å². The van der Waals surface area contributed by atoms with Gasteiger partial charge in [0, 0.05) is 12.0 Å². The van der Waals surface area contributed by atoms with E-state index < -0.39 is 17.7 Å². The summed E-state index contributed by atoms with van der Waals surface area (Å²) in [6.07, 6.45) is -0.448. The molecular formula is C20H18FN3O3. The number of carboxylic acid groups (broad SMARTS) is 1. The molecule has 0 aliphatic carbocycles. The fraction of sp³-hybridized carbons (Fsp3) is 0.150. The normalized spacial score (nSPS) is 10.6. The largest absolute Gasteiger partial charge is 0.481 e. The third-order valence-corrected chi connectivity index (χ3v) is 4.00. The van der Waals surface area contributed by atoms with Gasteiger partial charge < -0.3 is 10.4 Å². The van der Waals surface area contributed by atoms with E-state index in [0.717, 1.165) is 5.56 Å². The van der Waals surface area contributed by atoms with Gasteiger partial charge in [0.2, 0.25) is 5.91 Å². The fourth-order valence-electron chi connectivity index (χ4n) is 2.80. The number of hydrogen-bond donors (Lipinski definition) is 2. The zero-order valence-corrected chi connectivity index (χ0v) is 14.6. The first-order chi connectivity index (χ1) is 13.0. The van der Waals surface area contributed by atoms with E-state index >= 15 is 0 Å². The molecule has 0 fully saturated rings. The number of carbonyl (C=O) groups excluding carboxylic acids is 1. The summed E-state index contributed by atoms with van der Waals surface area (Å²) in [6, 6.07) is 15.2. The minimum absolute atomic E-state index is 0.170. The predicted molar refractivity (Wildman–Crippen MR) is 99.2 cm³/mol. The highest BCUT2D eigenvalue weighted by molar-refractivity contribution is 5.96. The number of rotatable bonds is 6. The summed E-state index contributed by atoms with van der Waals surface area (Å²) in [5, 5.41) is 16.0. The molecule has 138 valence electrons. The summed E-state index contributed by atoms with van der Waals surface area (Å²) < 4.78 is 15.2. The van der Waals surface area contributed by atoms with Crippen LogP contribution in [-0.4, -0.2) is 26.8 Å². The molecule has 3 aromatic rings. The number of carbonyl (C=O) groups is 2. The Labute approximate surface area is 155 Å². The van der Waals surface area contributed by atoms with E-state index in [4.69, 9.17) is 5.11 Å². The highest BCUT2D eigenvalue weighted by atomic mass is 19.1. The van der Waals surface area contributed by atoms with Crippen molar-refractivity contribution in [3.8, 4) is 16.8 Å². The van der Waals surface area contributed by atoms with Gasteiger partial charge in [-0.2, -0.15) is 5.10 Å². The molecule has 7 heteroatoms. The van der Waals surface area contributed by atoms with Crippen LogP contribution >= 0.6 is 0 Å². The third-order valence-electron chi connectivity index (χ3n) is 4.00. The van der Waals surface area contributed by atoms with Gasteiger partial charge in [-0.15, -0.1) is 0 Å². The molecule has 2 aromatic carbocycles. The molecule has 0 saturated carbocycles. The minimum atomic E-state index is -1.05. The average molecular weight is 367 g/mol. The number of nitrogens with zero attached hydrogens (tertiary/aromatic N) is 2. The lowest BCUT2D eigenvalue weighted by Crippen LogP contribution is -2.16. The Morgan fingerprint density at radius 3 is 2.52 bits per heavy atom. The van der Waals surface area contributed by atoms with Crippen LogP contribution in [0, 0.1) is 12.7 Å². The molecule has 3 rings (SSSR count). The van der Waals surface area contributed by atoms with Crippen LogP contribution in [0.3, 0.4) is 0 Å². The van der Waals surface area contributed by atoms with Crippen LogP contribution < -0.4 is 5.32 Å². The van der Waals surface area contributed by atoms with Crippen molar-refractivity contribution in [1.82, 2.24) is 9.78 Å². The van der Waals surface area contributed by atoms with E-state index in [9.17, 15) is 14.0 Å². The Balaban J connectivity index is 2.08. The summed E-state index contributed by atoms with van der Waals surface area (Å²) in [5.41, 5.74) is 2.64. The highest BCUT2D eigenvalue weighted by Gasteiger charge is 2.20. The van der Waals surface area contributed by atoms with E-state index in [1.807, 2.05) is 30.3 Å². The molecule has 0 unspecified atom stereocenters. The molecule has 1 heterocycles. The number of halogens is 1. The second-order valence-corrected chi connectivity index (χ2v) is 6.01. The van der Waals surface area contributed by atoms with E-state index in [1.165, 1.54) is 16.8 Å². The van der Waals surface area contributed by atoms with Gasteiger partial charge in [0.25, 0.3) is 0 Å². The first-order valence-corrected chi connectivity index (χ1v) is 8.38. The standard InChI is InChI=1S/C20H18FN3O3/c1-13-19(14-6-3-2-4-7-14)20(22-17(25)10-11-18(26)27)24(23-13)16-9-5-8-15(21)12-16/h2-9,12H,10-11H2,1H3,(H,22,25)(H,26,27). The molecule has 0 aliphatic heterocycles. The van der Waals surface area contributed by atoms with Crippen molar-refractivity contribution in [3.63, 3.8) is 0 Å². The quantitative estimate of drug-likeness (QED) is 0.694. The van der Waals surface area contributed by atoms with E-state index in [0.29, 0.717) is 22.8 Å². The van der Waals surface area contributed by atoms with E-state index in [-0.39, 0.29) is 12.8 Å². The maximum Gasteiger partial charge on any atom is 0.303 e. The van der Waals surface area contributed by atoms with Crippen molar-refractivity contribution >= 4 is 17.7 Å². The van der Waals surface area contributed by atoms with Gasteiger partial charge in [0.15, 0.2) is 0 Å². The summed E-state index contributed by atoms with van der Waals surface area (Å²) in [5.74, 6) is -1.56. The monoisotopic (exact) mass is 367 g/mol. The molecular weight excluding hydrogens is 349 g/mol. The topological polar surface area (TPSA) is 84.2 Å². The summed E-state index contributed by atoms with van der Waals surface area (Å²) in [7, 11) is 0. The molecule has 6 nitrogen and oxygen atoms in total. The first kappa shape index (κ1) is 18.3. The number of amides is 1. The Morgan fingerprint density at radius 1 is 1.11 bits per heavy atom. The van der Waals surface area contributed by atoms with E-state index in [1.54, 1.807) is 19.1 Å². The number of nitrogens with one attached hydrogen (secondary N) is 1. The van der Waals surface area contributed by atoms with Gasteiger partial charge in [-0.25, -0.2) is 9.07 Å². The first-order valence-electron chi connectivity index (χ1n) is 8.38. The van der Waals surface area contributed by atoms with Crippen LogP contribution in [0.4, 0.5) is 10.2 Å². The Bertz CT molecular complexity index is 983. The van der Waals surface area contributed by atoms with E-state index in [2.05, 4.69) is 10.4 Å². The number of anilines is 1. The lowest BCUT2D eigenvalue weighted by Gasteiger charge is -2.11. The Morgan fingerprint density at radius 2 is 1.85 bits per heavy atom. The van der Waals surface area contributed by atoms with Crippen LogP contribution in [0.25, 0.3) is 16.8 Å². The van der Waals surface area contributed by atoms with Gasteiger partial charge in [0.1, 0.15) is 11.6 Å². The number of aliphatic carboxylic acids is 1. The molecule has 1 aromatic heterocycles. The molecule has 2 N–H and O–H groups in total. The summed E-state index contributed by atoms with van der Waals surface area (Å²) in [4.78, 5) is 23.0. The number of aromatic nitrogens is 2. The second-order valence-electron chi connectivity index (χ2n) is 6.01.